The predicted octanol–water partition coefficient (Wildman–Crippen LogP) is 0.945. The lowest BCUT2D eigenvalue weighted by molar-refractivity contribution is -0.132. The molecule has 7 nitrogen and oxygen atoms in total. The number of hydrogen-bond donors (Lipinski definition) is 2. The highest BCUT2D eigenvalue weighted by Crippen LogP contribution is 2.14. The maximum absolute atomic E-state index is 12.9. The minimum Gasteiger partial charge on any atom is -0.352 e. The van der Waals surface area contributed by atoms with Gasteiger partial charge in [0, 0.05) is 18.9 Å². The van der Waals surface area contributed by atoms with Crippen LogP contribution in [0.4, 0.5) is 4.39 Å². The number of nitrogens with one attached hydrogen (secondary N) is 2. The third kappa shape index (κ3) is 5.66. The molecule has 8 heteroatoms. The van der Waals surface area contributed by atoms with E-state index in [1.165, 1.54) is 17.1 Å². The SMILES string of the molecule is CC(C)NC(=O)CNC(=O)C1=NN(Cc2ccc(F)cc2)C(=O)CC1. The van der Waals surface area contributed by atoms with E-state index in [2.05, 4.69) is 15.7 Å². The maximum atomic E-state index is 12.9. The molecule has 0 unspecified atom stereocenters. The van der Waals surface area contributed by atoms with Gasteiger partial charge in [0.25, 0.3) is 5.91 Å². The minimum atomic E-state index is -0.476. The molecule has 3 amide bonds. The van der Waals surface area contributed by atoms with Crippen molar-refractivity contribution >= 4 is 23.4 Å². The van der Waals surface area contributed by atoms with Gasteiger partial charge >= 0.3 is 0 Å². The van der Waals surface area contributed by atoms with E-state index in [0.717, 1.165) is 0 Å². The molecule has 2 rings (SSSR count). The lowest BCUT2D eigenvalue weighted by atomic mass is 10.1. The Bertz CT molecular complexity index is 686. The van der Waals surface area contributed by atoms with Gasteiger partial charge in [0.05, 0.1) is 13.1 Å². The van der Waals surface area contributed by atoms with Crippen molar-refractivity contribution < 1.29 is 18.8 Å². The third-order valence-corrected chi connectivity index (χ3v) is 3.47. The summed E-state index contributed by atoms with van der Waals surface area (Å²) in [5, 5.41) is 10.4. The van der Waals surface area contributed by atoms with Crippen LogP contribution in [0.2, 0.25) is 0 Å². The van der Waals surface area contributed by atoms with Gasteiger partial charge in [-0.3, -0.25) is 14.4 Å². The van der Waals surface area contributed by atoms with Crippen molar-refractivity contribution in [2.75, 3.05) is 6.54 Å². The number of nitrogens with zero attached hydrogens (tertiary/aromatic N) is 2. The van der Waals surface area contributed by atoms with E-state index in [0.29, 0.717) is 5.56 Å². The normalized spacial score (nSPS) is 14.3. The van der Waals surface area contributed by atoms with Gasteiger partial charge in [0.2, 0.25) is 11.8 Å². The molecule has 25 heavy (non-hydrogen) atoms. The van der Waals surface area contributed by atoms with Crippen molar-refractivity contribution in [2.45, 2.75) is 39.3 Å². The van der Waals surface area contributed by atoms with Gasteiger partial charge in [0.15, 0.2) is 0 Å². The molecule has 134 valence electrons. The highest BCUT2D eigenvalue weighted by atomic mass is 19.1. The Morgan fingerprint density at radius 1 is 1.24 bits per heavy atom. The number of rotatable bonds is 6. The number of amides is 3. The standard InChI is InChI=1S/C17H21FN4O3/c1-11(2)20-15(23)9-19-17(25)14-7-8-16(24)22(21-14)10-12-3-5-13(18)6-4-12/h3-6,11H,7-10H2,1-2H3,(H,19,25)(H,20,23). The second-order valence-corrected chi connectivity index (χ2v) is 6.03. The first-order valence-corrected chi connectivity index (χ1v) is 8.05. The Balaban J connectivity index is 1.97. The number of benzene rings is 1. The zero-order chi connectivity index (χ0) is 18.4. The summed E-state index contributed by atoms with van der Waals surface area (Å²) >= 11 is 0. The van der Waals surface area contributed by atoms with Crippen LogP contribution in [-0.2, 0) is 20.9 Å². The third-order valence-electron chi connectivity index (χ3n) is 3.47. The molecule has 2 N–H and O–H groups in total. The molecular weight excluding hydrogens is 327 g/mol. The zero-order valence-corrected chi connectivity index (χ0v) is 14.2. The van der Waals surface area contributed by atoms with Crippen LogP contribution in [0.15, 0.2) is 29.4 Å². The molecule has 0 saturated heterocycles. The summed E-state index contributed by atoms with van der Waals surface area (Å²) in [7, 11) is 0. The number of halogens is 1. The fraction of sp³-hybridized carbons (Fsp3) is 0.412. The molecule has 0 atom stereocenters. The van der Waals surface area contributed by atoms with Crippen LogP contribution in [0, 0.1) is 5.82 Å². The Kier molecular flexibility index (Phi) is 6.21. The molecule has 1 heterocycles. The highest BCUT2D eigenvalue weighted by Gasteiger charge is 2.24. The molecule has 0 fully saturated rings. The monoisotopic (exact) mass is 348 g/mol. The van der Waals surface area contributed by atoms with Crippen LogP contribution >= 0.6 is 0 Å². The van der Waals surface area contributed by atoms with E-state index in [9.17, 15) is 18.8 Å². The van der Waals surface area contributed by atoms with E-state index in [4.69, 9.17) is 0 Å². The summed E-state index contributed by atoms with van der Waals surface area (Å²) in [5.74, 6) is -1.34. The van der Waals surface area contributed by atoms with Crippen LogP contribution in [0.25, 0.3) is 0 Å². The second-order valence-electron chi connectivity index (χ2n) is 6.03. The highest BCUT2D eigenvalue weighted by molar-refractivity contribution is 6.39. The zero-order valence-electron chi connectivity index (χ0n) is 14.2. The summed E-state index contributed by atoms with van der Waals surface area (Å²) in [6.07, 6.45) is 0.377. The topological polar surface area (TPSA) is 90.9 Å². The average molecular weight is 348 g/mol. The average Bonchev–Trinajstić information content (AvgIpc) is 2.56. The lowest BCUT2D eigenvalue weighted by Crippen LogP contribution is -2.44. The molecule has 0 aromatic heterocycles. The fourth-order valence-electron chi connectivity index (χ4n) is 2.29. The molecule has 0 aliphatic carbocycles. The van der Waals surface area contributed by atoms with E-state index >= 15 is 0 Å². The number of hydrazone groups is 1. The second kappa shape index (κ2) is 8.36. The number of carbonyl (C=O) groups excluding carboxylic acids is 3. The molecule has 1 aliphatic heterocycles. The maximum Gasteiger partial charge on any atom is 0.267 e. The first-order chi connectivity index (χ1) is 11.8. The Labute approximate surface area is 145 Å². The van der Waals surface area contributed by atoms with Crippen LogP contribution < -0.4 is 10.6 Å². The van der Waals surface area contributed by atoms with Gasteiger partial charge in [0.1, 0.15) is 11.5 Å². The smallest absolute Gasteiger partial charge is 0.267 e. The molecule has 0 radical (unpaired) electrons. The van der Waals surface area contributed by atoms with E-state index < -0.39 is 5.91 Å². The van der Waals surface area contributed by atoms with Gasteiger partial charge in [-0.1, -0.05) is 12.1 Å². The van der Waals surface area contributed by atoms with E-state index in [-0.39, 0.29) is 55.3 Å². The largest absolute Gasteiger partial charge is 0.352 e. The molecule has 0 bridgehead atoms. The van der Waals surface area contributed by atoms with Crippen LogP contribution in [0.3, 0.4) is 0 Å². The van der Waals surface area contributed by atoms with E-state index in [1.807, 2.05) is 13.8 Å². The molecular formula is C17H21FN4O3. The van der Waals surface area contributed by atoms with Crippen molar-refractivity contribution in [3.63, 3.8) is 0 Å². The van der Waals surface area contributed by atoms with Crippen molar-refractivity contribution in [1.82, 2.24) is 15.6 Å². The van der Waals surface area contributed by atoms with Gasteiger partial charge in [-0.2, -0.15) is 5.10 Å². The van der Waals surface area contributed by atoms with Crippen molar-refractivity contribution in [3.8, 4) is 0 Å². The summed E-state index contributed by atoms with van der Waals surface area (Å²) < 4.78 is 12.9. The molecule has 1 aromatic carbocycles. The lowest BCUT2D eigenvalue weighted by Gasteiger charge is -2.23. The summed E-state index contributed by atoms with van der Waals surface area (Å²) in [4.78, 5) is 35.7. The molecule has 1 aromatic rings. The first kappa shape index (κ1) is 18.6. The van der Waals surface area contributed by atoms with Crippen molar-refractivity contribution in [2.24, 2.45) is 5.10 Å². The summed E-state index contributed by atoms with van der Waals surface area (Å²) in [5.41, 5.74) is 0.899. The van der Waals surface area contributed by atoms with Crippen LogP contribution in [0.1, 0.15) is 32.3 Å². The van der Waals surface area contributed by atoms with Crippen LogP contribution in [0.5, 0.6) is 0 Å². The Morgan fingerprint density at radius 2 is 1.92 bits per heavy atom. The van der Waals surface area contributed by atoms with Gasteiger partial charge in [-0.25, -0.2) is 9.40 Å². The quantitative estimate of drug-likeness (QED) is 0.802. The van der Waals surface area contributed by atoms with E-state index in [1.54, 1.807) is 12.1 Å². The van der Waals surface area contributed by atoms with Gasteiger partial charge in [-0.15, -0.1) is 0 Å². The Morgan fingerprint density at radius 3 is 2.56 bits per heavy atom. The summed E-state index contributed by atoms with van der Waals surface area (Å²) in [6.45, 7) is 3.65. The molecule has 0 spiro atoms. The predicted molar refractivity (Wildman–Crippen MR) is 89.9 cm³/mol. The van der Waals surface area contributed by atoms with Crippen molar-refractivity contribution in [1.29, 1.82) is 0 Å². The fourth-order valence-corrected chi connectivity index (χ4v) is 2.29. The van der Waals surface area contributed by atoms with Crippen LogP contribution in [-0.4, -0.2) is 41.0 Å². The van der Waals surface area contributed by atoms with Gasteiger partial charge in [-0.05, 0) is 31.5 Å². The minimum absolute atomic E-state index is 0.0137. The summed E-state index contributed by atoms with van der Waals surface area (Å²) in [6, 6.07) is 5.70. The van der Waals surface area contributed by atoms with Crippen molar-refractivity contribution in [3.05, 3.63) is 35.6 Å². The number of hydrogen-bond acceptors (Lipinski definition) is 4. The first-order valence-electron chi connectivity index (χ1n) is 8.05. The molecule has 1 aliphatic rings. The molecule has 0 saturated carbocycles. The Hall–Kier alpha value is -2.77. The number of carbonyl (C=O) groups is 3. The van der Waals surface area contributed by atoms with Gasteiger partial charge < -0.3 is 10.6 Å².